The third-order valence-electron chi connectivity index (χ3n) is 3.93. The number of urea groups is 1. The molecule has 0 heterocycles. The molecule has 0 bridgehead atoms. The molecule has 2 rings (SSSR count). The molecule has 1 N–H and O–H groups in total. The second kappa shape index (κ2) is 9.14. The SMILES string of the molecule is C[C@@H](NC(=O)N(C)Cc1c(F)cccc1Cl)c1ccc(OCC(F)(F)F)cc1. The molecular formula is C19H19ClF4N2O2. The Bertz CT molecular complexity index is 792. The number of ether oxygens (including phenoxy) is 1. The molecule has 2 aromatic carbocycles. The van der Waals surface area contributed by atoms with Gasteiger partial charge in [-0.3, -0.25) is 0 Å². The number of benzene rings is 2. The van der Waals surface area contributed by atoms with Crippen molar-refractivity contribution in [1.82, 2.24) is 10.2 Å². The minimum absolute atomic E-state index is 0.0196. The van der Waals surface area contributed by atoms with Gasteiger partial charge in [-0.15, -0.1) is 0 Å². The Kier molecular flexibility index (Phi) is 7.12. The fraction of sp³-hybridized carbons (Fsp3) is 0.316. The summed E-state index contributed by atoms with van der Waals surface area (Å²) < 4.78 is 55.0. The van der Waals surface area contributed by atoms with E-state index in [1.807, 2.05) is 0 Å². The van der Waals surface area contributed by atoms with Crippen LogP contribution in [0.3, 0.4) is 0 Å². The van der Waals surface area contributed by atoms with Gasteiger partial charge in [-0.1, -0.05) is 29.8 Å². The zero-order valence-corrected chi connectivity index (χ0v) is 15.9. The molecule has 0 unspecified atom stereocenters. The lowest BCUT2D eigenvalue weighted by Gasteiger charge is -2.22. The Morgan fingerprint density at radius 3 is 2.43 bits per heavy atom. The van der Waals surface area contributed by atoms with Crippen LogP contribution in [0.15, 0.2) is 42.5 Å². The second-order valence-corrected chi connectivity index (χ2v) is 6.61. The first kappa shape index (κ1) is 21.8. The summed E-state index contributed by atoms with van der Waals surface area (Å²) in [6.07, 6.45) is -4.41. The fourth-order valence-corrected chi connectivity index (χ4v) is 2.61. The van der Waals surface area contributed by atoms with Crippen molar-refractivity contribution < 1.29 is 27.1 Å². The lowest BCUT2D eigenvalue weighted by molar-refractivity contribution is -0.153. The van der Waals surface area contributed by atoms with Gasteiger partial charge in [-0.25, -0.2) is 9.18 Å². The molecule has 0 aliphatic rings. The van der Waals surface area contributed by atoms with Crippen LogP contribution in [0, 0.1) is 5.82 Å². The van der Waals surface area contributed by atoms with Crippen molar-refractivity contribution in [2.75, 3.05) is 13.7 Å². The van der Waals surface area contributed by atoms with Crippen molar-refractivity contribution in [3.05, 3.63) is 64.4 Å². The number of halogens is 5. The number of hydrogen-bond acceptors (Lipinski definition) is 2. The maximum Gasteiger partial charge on any atom is 0.422 e. The Morgan fingerprint density at radius 1 is 1.21 bits per heavy atom. The summed E-state index contributed by atoms with van der Waals surface area (Å²) in [4.78, 5) is 13.6. The summed E-state index contributed by atoms with van der Waals surface area (Å²) >= 11 is 5.97. The molecular weight excluding hydrogens is 400 g/mol. The first-order valence-electron chi connectivity index (χ1n) is 8.31. The first-order chi connectivity index (χ1) is 13.1. The van der Waals surface area contributed by atoms with Crippen molar-refractivity contribution in [3.63, 3.8) is 0 Å². The van der Waals surface area contributed by atoms with E-state index in [0.717, 1.165) is 0 Å². The number of hydrogen-bond donors (Lipinski definition) is 1. The van der Waals surface area contributed by atoms with E-state index >= 15 is 0 Å². The molecule has 0 saturated carbocycles. The van der Waals surface area contributed by atoms with Crippen LogP contribution < -0.4 is 10.1 Å². The molecule has 1 atom stereocenters. The van der Waals surface area contributed by atoms with Crippen molar-refractivity contribution in [1.29, 1.82) is 0 Å². The molecule has 9 heteroatoms. The van der Waals surface area contributed by atoms with E-state index in [4.69, 9.17) is 11.6 Å². The molecule has 0 aliphatic carbocycles. The van der Waals surface area contributed by atoms with E-state index in [-0.39, 0.29) is 22.9 Å². The van der Waals surface area contributed by atoms with Gasteiger partial charge in [0.15, 0.2) is 6.61 Å². The number of carbonyl (C=O) groups excluding carboxylic acids is 1. The maximum absolute atomic E-state index is 13.9. The Hall–Kier alpha value is -2.48. The van der Waals surface area contributed by atoms with Gasteiger partial charge in [0.05, 0.1) is 12.6 Å². The van der Waals surface area contributed by atoms with Gasteiger partial charge in [0.2, 0.25) is 0 Å². The van der Waals surface area contributed by atoms with Crippen LogP contribution >= 0.6 is 11.6 Å². The van der Waals surface area contributed by atoms with Crippen LogP contribution in [0.1, 0.15) is 24.1 Å². The van der Waals surface area contributed by atoms with Crippen LogP contribution in [-0.2, 0) is 6.54 Å². The third-order valence-corrected chi connectivity index (χ3v) is 4.28. The number of amides is 2. The highest BCUT2D eigenvalue weighted by Gasteiger charge is 2.28. The summed E-state index contributed by atoms with van der Waals surface area (Å²) in [5.41, 5.74) is 0.880. The molecule has 0 aromatic heterocycles. The minimum atomic E-state index is -4.41. The van der Waals surface area contributed by atoms with Gasteiger partial charge in [-0.05, 0) is 36.8 Å². The van der Waals surface area contributed by atoms with Crippen LogP contribution in [0.25, 0.3) is 0 Å². The Labute approximate surface area is 165 Å². The highest BCUT2D eigenvalue weighted by atomic mass is 35.5. The topological polar surface area (TPSA) is 41.6 Å². The molecule has 0 saturated heterocycles. The van der Waals surface area contributed by atoms with Crippen LogP contribution in [0.4, 0.5) is 22.4 Å². The lowest BCUT2D eigenvalue weighted by atomic mass is 10.1. The first-order valence-corrected chi connectivity index (χ1v) is 8.68. The summed E-state index contributed by atoms with van der Waals surface area (Å²) in [7, 11) is 1.50. The van der Waals surface area contributed by atoms with Gasteiger partial charge in [0.25, 0.3) is 0 Å². The van der Waals surface area contributed by atoms with E-state index in [2.05, 4.69) is 10.1 Å². The van der Waals surface area contributed by atoms with E-state index in [1.165, 1.54) is 42.3 Å². The smallest absolute Gasteiger partial charge is 0.422 e. The number of carbonyl (C=O) groups is 1. The zero-order valence-electron chi connectivity index (χ0n) is 15.2. The molecule has 2 aromatic rings. The lowest BCUT2D eigenvalue weighted by Crippen LogP contribution is -2.38. The number of nitrogens with zero attached hydrogens (tertiary/aromatic N) is 1. The van der Waals surface area contributed by atoms with Crippen molar-refractivity contribution in [2.24, 2.45) is 0 Å². The van der Waals surface area contributed by atoms with Crippen molar-refractivity contribution >= 4 is 17.6 Å². The fourth-order valence-electron chi connectivity index (χ4n) is 2.39. The Balaban J connectivity index is 1.94. The molecule has 0 fully saturated rings. The third kappa shape index (κ3) is 6.30. The normalized spacial score (nSPS) is 12.4. The van der Waals surface area contributed by atoms with Gasteiger partial charge in [0, 0.05) is 17.6 Å². The van der Waals surface area contributed by atoms with Crippen LogP contribution in [0.2, 0.25) is 5.02 Å². The van der Waals surface area contributed by atoms with Crippen molar-refractivity contribution in [3.8, 4) is 5.75 Å². The summed E-state index contributed by atoms with van der Waals surface area (Å²) in [6.45, 7) is 0.323. The highest BCUT2D eigenvalue weighted by molar-refractivity contribution is 6.31. The van der Waals surface area contributed by atoms with Gasteiger partial charge in [0.1, 0.15) is 11.6 Å². The molecule has 152 valence electrons. The van der Waals surface area contributed by atoms with E-state index in [9.17, 15) is 22.4 Å². The minimum Gasteiger partial charge on any atom is -0.484 e. The molecule has 0 spiro atoms. The van der Waals surface area contributed by atoms with Crippen molar-refractivity contribution in [2.45, 2.75) is 25.7 Å². The van der Waals surface area contributed by atoms with E-state index < -0.39 is 30.7 Å². The highest BCUT2D eigenvalue weighted by Crippen LogP contribution is 2.22. The molecule has 4 nitrogen and oxygen atoms in total. The van der Waals surface area contributed by atoms with Gasteiger partial charge < -0.3 is 15.0 Å². The summed E-state index contributed by atoms with van der Waals surface area (Å²) in [5.74, 6) is -0.430. The van der Waals surface area contributed by atoms with Crippen LogP contribution in [0.5, 0.6) is 5.75 Å². The number of rotatable bonds is 6. The van der Waals surface area contributed by atoms with E-state index in [1.54, 1.807) is 19.1 Å². The van der Waals surface area contributed by atoms with E-state index in [0.29, 0.717) is 5.56 Å². The Morgan fingerprint density at radius 2 is 1.86 bits per heavy atom. The summed E-state index contributed by atoms with van der Waals surface area (Å²) in [6, 6.07) is 9.31. The average Bonchev–Trinajstić information content (AvgIpc) is 2.62. The maximum atomic E-state index is 13.9. The quantitative estimate of drug-likeness (QED) is 0.645. The molecule has 0 aliphatic heterocycles. The largest absolute Gasteiger partial charge is 0.484 e. The second-order valence-electron chi connectivity index (χ2n) is 6.20. The predicted molar refractivity (Wildman–Crippen MR) is 97.8 cm³/mol. The zero-order chi connectivity index (χ0) is 20.9. The monoisotopic (exact) mass is 418 g/mol. The predicted octanol–water partition coefficient (Wildman–Crippen LogP) is 5.32. The molecule has 2 amide bonds. The number of nitrogens with one attached hydrogen (secondary N) is 1. The van der Waals surface area contributed by atoms with Gasteiger partial charge >= 0.3 is 12.2 Å². The van der Waals surface area contributed by atoms with Gasteiger partial charge in [-0.2, -0.15) is 13.2 Å². The molecule has 28 heavy (non-hydrogen) atoms. The number of alkyl halides is 3. The summed E-state index contributed by atoms with van der Waals surface area (Å²) in [5, 5.41) is 2.96. The van der Waals surface area contributed by atoms with Crippen LogP contribution in [-0.4, -0.2) is 30.8 Å². The average molecular weight is 419 g/mol. The molecule has 0 radical (unpaired) electrons. The standard InChI is InChI=1S/C19H19ClF4N2O2/c1-12(13-6-8-14(9-7-13)28-11-19(22,23)24)25-18(27)26(2)10-15-16(20)4-3-5-17(15)21/h3-9,12H,10-11H2,1-2H3,(H,25,27)/t12-/m1/s1.